The van der Waals surface area contributed by atoms with E-state index < -0.39 is 11.5 Å². The van der Waals surface area contributed by atoms with Gasteiger partial charge >= 0.3 is 6.09 Å². The van der Waals surface area contributed by atoms with E-state index in [4.69, 9.17) is 21.2 Å². The number of halogens is 1. The zero-order valence-corrected chi connectivity index (χ0v) is 20.4. The fraction of sp³-hybridized carbons (Fsp3) is 0.391. The van der Waals surface area contributed by atoms with Crippen LogP contribution in [0, 0.1) is 0 Å². The van der Waals surface area contributed by atoms with E-state index in [1.165, 1.54) is 0 Å². The van der Waals surface area contributed by atoms with Crippen LogP contribution in [0.5, 0.6) is 0 Å². The van der Waals surface area contributed by atoms with Crippen molar-refractivity contribution < 1.29 is 14.3 Å². The molecule has 1 saturated heterocycles. The molecule has 9 nitrogen and oxygen atoms in total. The Kier molecular flexibility index (Phi) is 6.04. The van der Waals surface area contributed by atoms with E-state index >= 15 is 0 Å². The summed E-state index contributed by atoms with van der Waals surface area (Å²) in [7, 11) is 0. The largest absolute Gasteiger partial charge is 0.444 e. The van der Waals surface area contributed by atoms with Gasteiger partial charge in [0.15, 0.2) is 5.65 Å². The summed E-state index contributed by atoms with van der Waals surface area (Å²) in [6.45, 7) is 6.68. The van der Waals surface area contributed by atoms with E-state index in [-0.39, 0.29) is 12.0 Å². The SMILES string of the molecule is CC(C)(C)OC(=O)N1CCCC(c2nc3c(-c4cccc(C(N)=O)c4)cnn3c(N)c2Br)C1. The van der Waals surface area contributed by atoms with Crippen LogP contribution in [0.3, 0.4) is 0 Å². The Morgan fingerprint density at radius 1 is 1.27 bits per heavy atom. The van der Waals surface area contributed by atoms with Gasteiger partial charge in [-0.25, -0.2) is 9.78 Å². The second-order valence-electron chi connectivity index (χ2n) is 9.20. The first kappa shape index (κ1) is 23.0. The molecule has 3 aromatic rings. The van der Waals surface area contributed by atoms with Crippen molar-refractivity contribution in [3.8, 4) is 11.1 Å². The number of likely N-dealkylation sites (tertiary alicyclic amines) is 1. The highest BCUT2D eigenvalue weighted by molar-refractivity contribution is 9.10. The van der Waals surface area contributed by atoms with Crippen LogP contribution in [0.4, 0.5) is 10.6 Å². The minimum Gasteiger partial charge on any atom is -0.444 e. The molecule has 0 saturated carbocycles. The lowest BCUT2D eigenvalue weighted by molar-refractivity contribution is 0.0197. The van der Waals surface area contributed by atoms with Crippen LogP contribution in [0.25, 0.3) is 16.8 Å². The van der Waals surface area contributed by atoms with Crippen LogP contribution in [0.1, 0.15) is 55.6 Å². The van der Waals surface area contributed by atoms with Gasteiger partial charge in [-0.2, -0.15) is 9.61 Å². The number of primary amides is 1. The molecular formula is C23H27BrN6O3. The number of hydrogen-bond acceptors (Lipinski definition) is 6. The molecule has 0 aliphatic carbocycles. The molecule has 0 radical (unpaired) electrons. The highest BCUT2D eigenvalue weighted by Crippen LogP contribution is 2.36. The number of hydrogen-bond donors (Lipinski definition) is 2. The number of ether oxygens (including phenoxy) is 1. The fourth-order valence-corrected chi connectivity index (χ4v) is 4.60. The average Bonchev–Trinajstić information content (AvgIpc) is 3.19. The summed E-state index contributed by atoms with van der Waals surface area (Å²) in [4.78, 5) is 30.9. The first-order chi connectivity index (χ1) is 15.5. The number of nitrogens with zero attached hydrogens (tertiary/aromatic N) is 4. The Hall–Kier alpha value is -3.14. The Balaban J connectivity index is 1.72. The molecule has 1 aliphatic rings. The number of fused-ring (bicyclic) bond motifs is 1. The molecule has 1 aliphatic heterocycles. The van der Waals surface area contributed by atoms with Crippen molar-refractivity contribution >= 4 is 39.4 Å². The number of nitrogens with two attached hydrogens (primary N) is 2. The molecule has 1 atom stereocenters. The molecular weight excluding hydrogens is 488 g/mol. The predicted molar refractivity (Wildman–Crippen MR) is 129 cm³/mol. The van der Waals surface area contributed by atoms with Gasteiger partial charge in [0, 0.05) is 30.1 Å². The standard InChI is InChI=1S/C23H27BrN6O3/c1-23(2,3)33-22(32)29-9-5-8-15(12-29)18-17(24)19(25)30-21(28-18)16(11-27-30)13-6-4-7-14(10-13)20(26)31/h4,6-7,10-11,15H,5,8-9,12,25H2,1-3H3,(H2,26,31). The molecule has 33 heavy (non-hydrogen) atoms. The van der Waals surface area contributed by atoms with Crippen LogP contribution < -0.4 is 11.5 Å². The molecule has 4 N–H and O–H groups in total. The minimum atomic E-state index is -0.557. The van der Waals surface area contributed by atoms with E-state index in [0.717, 1.165) is 29.7 Å². The second kappa shape index (κ2) is 8.66. The predicted octanol–water partition coefficient (Wildman–Crippen LogP) is 3.95. The third kappa shape index (κ3) is 4.66. The van der Waals surface area contributed by atoms with Gasteiger partial charge in [0.25, 0.3) is 0 Å². The smallest absolute Gasteiger partial charge is 0.410 e. The van der Waals surface area contributed by atoms with E-state index in [1.54, 1.807) is 33.8 Å². The number of benzene rings is 1. The third-order valence-electron chi connectivity index (χ3n) is 5.57. The number of piperidine rings is 1. The lowest BCUT2D eigenvalue weighted by atomic mass is 9.94. The maximum absolute atomic E-state index is 12.6. The average molecular weight is 515 g/mol. The van der Waals surface area contributed by atoms with Crippen molar-refractivity contribution in [2.75, 3.05) is 18.8 Å². The summed E-state index contributed by atoms with van der Waals surface area (Å²) >= 11 is 3.59. The minimum absolute atomic E-state index is 0.0207. The Morgan fingerprint density at radius 3 is 2.73 bits per heavy atom. The number of carbonyl (C=O) groups excluding carboxylic acids is 2. The van der Waals surface area contributed by atoms with Crippen molar-refractivity contribution in [1.29, 1.82) is 0 Å². The van der Waals surface area contributed by atoms with Gasteiger partial charge < -0.3 is 21.1 Å². The topological polar surface area (TPSA) is 129 Å². The molecule has 0 bridgehead atoms. The zero-order chi connectivity index (χ0) is 23.9. The van der Waals surface area contributed by atoms with Crippen molar-refractivity contribution in [3.63, 3.8) is 0 Å². The molecule has 4 rings (SSSR count). The van der Waals surface area contributed by atoms with Crippen molar-refractivity contribution in [3.05, 3.63) is 46.2 Å². The maximum atomic E-state index is 12.6. The molecule has 1 fully saturated rings. The van der Waals surface area contributed by atoms with Crippen LogP contribution in [0.15, 0.2) is 34.9 Å². The Bertz CT molecular complexity index is 1230. The summed E-state index contributed by atoms with van der Waals surface area (Å²) < 4.78 is 7.78. The van der Waals surface area contributed by atoms with Crippen LogP contribution in [0.2, 0.25) is 0 Å². The first-order valence-corrected chi connectivity index (χ1v) is 11.5. The second-order valence-corrected chi connectivity index (χ2v) is 9.99. The van der Waals surface area contributed by atoms with Crippen LogP contribution in [-0.4, -0.2) is 50.2 Å². The number of anilines is 1. The van der Waals surface area contributed by atoms with Gasteiger partial charge in [-0.1, -0.05) is 12.1 Å². The van der Waals surface area contributed by atoms with E-state index in [2.05, 4.69) is 21.0 Å². The summed E-state index contributed by atoms with van der Waals surface area (Å²) in [5.74, 6) is -0.108. The van der Waals surface area contributed by atoms with Gasteiger partial charge in [0.05, 0.1) is 16.4 Å². The molecule has 2 aromatic heterocycles. The summed E-state index contributed by atoms with van der Waals surface area (Å²) in [5.41, 5.74) is 14.5. The fourth-order valence-electron chi connectivity index (χ4n) is 4.02. The molecule has 0 spiro atoms. The zero-order valence-electron chi connectivity index (χ0n) is 18.8. The van der Waals surface area contributed by atoms with Gasteiger partial charge in [-0.15, -0.1) is 0 Å². The maximum Gasteiger partial charge on any atom is 0.410 e. The monoisotopic (exact) mass is 514 g/mol. The third-order valence-corrected chi connectivity index (χ3v) is 6.38. The quantitative estimate of drug-likeness (QED) is 0.544. The molecule has 10 heteroatoms. The first-order valence-electron chi connectivity index (χ1n) is 10.8. The van der Waals surface area contributed by atoms with Gasteiger partial charge in [0.1, 0.15) is 11.4 Å². The normalized spacial score (nSPS) is 16.7. The lowest BCUT2D eigenvalue weighted by Gasteiger charge is -2.34. The van der Waals surface area contributed by atoms with Crippen molar-refractivity contribution in [2.45, 2.75) is 45.1 Å². The number of carbonyl (C=O) groups is 2. The van der Waals surface area contributed by atoms with E-state index in [0.29, 0.717) is 34.6 Å². The number of amides is 2. The summed E-state index contributed by atoms with van der Waals surface area (Å²) in [6, 6.07) is 7.01. The Morgan fingerprint density at radius 2 is 2.03 bits per heavy atom. The van der Waals surface area contributed by atoms with Gasteiger partial charge in [-0.05, 0) is 67.2 Å². The van der Waals surface area contributed by atoms with Crippen LogP contribution in [-0.2, 0) is 4.74 Å². The molecule has 1 unspecified atom stereocenters. The molecule has 3 heterocycles. The van der Waals surface area contributed by atoms with Crippen molar-refractivity contribution in [1.82, 2.24) is 19.5 Å². The summed E-state index contributed by atoms with van der Waals surface area (Å²) in [6.07, 6.45) is 3.03. The molecule has 174 valence electrons. The molecule has 1 aromatic carbocycles. The highest BCUT2D eigenvalue weighted by atomic mass is 79.9. The summed E-state index contributed by atoms with van der Waals surface area (Å²) in [5, 5.41) is 4.40. The number of nitrogen functional groups attached to an aromatic ring is 1. The number of rotatable bonds is 3. The van der Waals surface area contributed by atoms with Crippen molar-refractivity contribution in [2.24, 2.45) is 5.73 Å². The number of aromatic nitrogens is 3. The van der Waals surface area contributed by atoms with E-state index in [9.17, 15) is 9.59 Å². The van der Waals surface area contributed by atoms with E-state index in [1.807, 2.05) is 26.8 Å². The molecule has 2 amide bonds. The van der Waals surface area contributed by atoms with Gasteiger partial charge in [-0.3, -0.25) is 4.79 Å². The highest BCUT2D eigenvalue weighted by Gasteiger charge is 2.31. The lowest BCUT2D eigenvalue weighted by Crippen LogP contribution is -2.42. The van der Waals surface area contributed by atoms with Gasteiger partial charge in [0.2, 0.25) is 5.91 Å². The Labute approximate surface area is 200 Å². The van der Waals surface area contributed by atoms with Crippen LogP contribution >= 0.6 is 15.9 Å².